The third-order valence-corrected chi connectivity index (χ3v) is 6.26. The number of sulfone groups is 1. The molecule has 0 atom stereocenters. The Labute approximate surface area is 143 Å². The fourth-order valence-corrected chi connectivity index (χ4v) is 4.59. The zero-order valence-electron chi connectivity index (χ0n) is 13.9. The monoisotopic (exact) mass is 349 g/mol. The van der Waals surface area contributed by atoms with Crippen LogP contribution in [-0.2, 0) is 19.5 Å². The molecule has 1 aromatic rings. The number of benzene rings is 1. The summed E-state index contributed by atoms with van der Waals surface area (Å²) in [6.07, 6.45) is 4.34. The second kappa shape index (κ2) is 8.24. The molecule has 0 radical (unpaired) electrons. The highest BCUT2D eigenvalue weighted by molar-refractivity contribution is 7.92. The fraction of sp³-hybridized carbons (Fsp3) is 0.444. The number of nitrogens with zero attached hydrogens (tertiary/aromatic N) is 1. The van der Waals surface area contributed by atoms with E-state index in [-0.39, 0.29) is 22.3 Å². The molecule has 0 unspecified atom stereocenters. The van der Waals surface area contributed by atoms with Gasteiger partial charge < -0.3 is 4.84 Å². The van der Waals surface area contributed by atoms with Gasteiger partial charge in [0.05, 0.1) is 11.0 Å². The molecular weight excluding hydrogens is 326 g/mol. The van der Waals surface area contributed by atoms with Crippen molar-refractivity contribution >= 4 is 21.5 Å². The van der Waals surface area contributed by atoms with Gasteiger partial charge in [-0.05, 0) is 19.8 Å². The number of carbonyl (C=O) groups is 1. The molecule has 2 rings (SSSR count). The maximum atomic E-state index is 12.7. The summed E-state index contributed by atoms with van der Waals surface area (Å²) < 4.78 is 25.4. The Morgan fingerprint density at radius 1 is 1.21 bits per heavy atom. The lowest BCUT2D eigenvalue weighted by atomic mass is 10.0. The van der Waals surface area contributed by atoms with Crippen molar-refractivity contribution in [2.75, 3.05) is 5.75 Å². The predicted molar refractivity (Wildman–Crippen MR) is 94.5 cm³/mol. The molecule has 1 aliphatic carbocycles. The van der Waals surface area contributed by atoms with Crippen LogP contribution in [0.5, 0.6) is 0 Å². The minimum atomic E-state index is -3.34. The van der Waals surface area contributed by atoms with E-state index in [9.17, 15) is 13.2 Å². The Bertz CT molecular complexity index is 717. The summed E-state index contributed by atoms with van der Waals surface area (Å²) >= 11 is 0. The van der Waals surface area contributed by atoms with Gasteiger partial charge in [0.1, 0.15) is 5.71 Å². The lowest BCUT2D eigenvalue weighted by Crippen LogP contribution is -2.30. The lowest BCUT2D eigenvalue weighted by Gasteiger charge is -2.22. The van der Waals surface area contributed by atoms with Crippen LogP contribution in [0, 0.1) is 0 Å². The first-order chi connectivity index (χ1) is 11.4. The Morgan fingerprint density at radius 2 is 1.83 bits per heavy atom. The summed E-state index contributed by atoms with van der Waals surface area (Å²) in [5.74, 6) is -0.899. The second-order valence-electron chi connectivity index (χ2n) is 6.13. The average molecular weight is 349 g/mol. The molecule has 1 aliphatic rings. The van der Waals surface area contributed by atoms with Gasteiger partial charge in [-0.15, -0.1) is 0 Å². The van der Waals surface area contributed by atoms with Crippen molar-refractivity contribution in [3.63, 3.8) is 0 Å². The lowest BCUT2D eigenvalue weighted by molar-refractivity contribution is -0.138. The summed E-state index contributed by atoms with van der Waals surface area (Å²) in [5.41, 5.74) is 1.09. The van der Waals surface area contributed by atoms with E-state index in [1.165, 1.54) is 6.92 Å². The van der Waals surface area contributed by atoms with E-state index in [0.717, 1.165) is 19.3 Å². The summed E-state index contributed by atoms with van der Waals surface area (Å²) in [5, 5.41) is 3.49. The Kier molecular flexibility index (Phi) is 6.31. The molecule has 1 saturated carbocycles. The Hall–Kier alpha value is -1.95. The van der Waals surface area contributed by atoms with Crippen LogP contribution in [-0.4, -0.2) is 31.1 Å². The number of hydrogen-bond acceptors (Lipinski definition) is 5. The molecule has 0 aromatic heterocycles. The average Bonchev–Trinajstić information content (AvgIpc) is 2.59. The maximum absolute atomic E-state index is 12.7. The SMILES string of the molecule is C=C(C)C(=O)O/N=C(/CS(=O)(=O)C1CCCCC1)c1ccccc1. The van der Waals surface area contributed by atoms with Crippen LogP contribution in [0.2, 0.25) is 0 Å². The normalized spacial score (nSPS) is 16.6. The molecule has 1 fully saturated rings. The molecule has 5 nitrogen and oxygen atoms in total. The van der Waals surface area contributed by atoms with E-state index >= 15 is 0 Å². The van der Waals surface area contributed by atoms with Crippen molar-refractivity contribution in [1.82, 2.24) is 0 Å². The van der Waals surface area contributed by atoms with Crippen LogP contribution in [0.15, 0.2) is 47.6 Å². The molecule has 0 aliphatic heterocycles. The van der Waals surface area contributed by atoms with Gasteiger partial charge in [-0.3, -0.25) is 0 Å². The molecular formula is C18H23NO4S. The highest BCUT2D eigenvalue weighted by Crippen LogP contribution is 2.25. The van der Waals surface area contributed by atoms with Crippen molar-refractivity contribution in [2.45, 2.75) is 44.3 Å². The highest BCUT2D eigenvalue weighted by Gasteiger charge is 2.29. The van der Waals surface area contributed by atoms with Gasteiger partial charge in [0, 0.05) is 11.1 Å². The summed E-state index contributed by atoms with van der Waals surface area (Å²) in [7, 11) is -3.34. The molecule has 0 heterocycles. The Balaban J connectivity index is 2.24. The summed E-state index contributed by atoms with van der Waals surface area (Å²) in [6, 6.07) is 8.92. The standard InChI is InChI=1S/C18H23NO4S/c1-14(2)18(20)23-19-17(15-9-5-3-6-10-15)13-24(21,22)16-11-7-4-8-12-16/h3,5-6,9-10,16H,1,4,7-8,11-13H2,2H3/b19-17-. The van der Waals surface area contributed by atoms with Gasteiger partial charge >= 0.3 is 5.97 Å². The Morgan fingerprint density at radius 3 is 2.42 bits per heavy atom. The number of oxime groups is 1. The van der Waals surface area contributed by atoms with Crippen molar-refractivity contribution in [2.24, 2.45) is 5.16 Å². The maximum Gasteiger partial charge on any atom is 0.360 e. The number of rotatable bonds is 6. The van der Waals surface area contributed by atoms with Gasteiger partial charge in [0.15, 0.2) is 9.84 Å². The quantitative estimate of drug-likeness (QED) is 0.342. The van der Waals surface area contributed by atoms with E-state index < -0.39 is 15.8 Å². The molecule has 0 saturated heterocycles. The van der Waals surface area contributed by atoms with Crippen LogP contribution >= 0.6 is 0 Å². The zero-order valence-corrected chi connectivity index (χ0v) is 14.7. The van der Waals surface area contributed by atoms with E-state index in [1.807, 2.05) is 6.07 Å². The molecule has 0 amide bonds. The highest BCUT2D eigenvalue weighted by atomic mass is 32.2. The fourth-order valence-electron chi connectivity index (χ4n) is 2.70. The van der Waals surface area contributed by atoms with Crippen molar-refractivity contribution in [1.29, 1.82) is 0 Å². The first kappa shape index (κ1) is 18.4. The molecule has 0 N–H and O–H groups in total. The van der Waals surface area contributed by atoms with E-state index in [1.54, 1.807) is 24.3 Å². The van der Waals surface area contributed by atoms with E-state index in [2.05, 4.69) is 11.7 Å². The van der Waals surface area contributed by atoms with Gasteiger partial charge in [0.25, 0.3) is 0 Å². The smallest absolute Gasteiger partial charge is 0.313 e. The summed E-state index contributed by atoms with van der Waals surface area (Å²) in [4.78, 5) is 16.4. The number of carbonyl (C=O) groups excluding carboxylic acids is 1. The van der Waals surface area contributed by atoms with Gasteiger partial charge in [0.2, 0.25) is 0 Å². The molecule has 6 heteroatoms. The predicted octanol–water partition coefficient (Wildman–Crippen LogP) is 3.26. The minimum absolute atomic E-state index is 0.210. The third-order valence-electron chi connectivity index (χ3n) is 4.09. The van der Waals surface area contributed by atoms with Crippen LogP contribution in [0.4, 0.5) is 0 Å². The van der Waals surface area contributed by atoms with Crippen LogP contribution in [0.25, 0.3) is 0 Å². The van der Waals surface area contributed by atoms with Crippen molar-refractivity contribution in [3.8, 4) is 0 Å². The van der Waals surface area contributed by atoms with E-state index in [0.29, 0.717) is 18.4 Å². The van der Waals surface area contributed by atoms with Crippen molar-refractivity contribution < 1.29 is 18.0 Å². The topological polar surface area (TPSA) is 72.8 Å². The minimum Gasteiger partial charge on any atom is -0.313 e. The van der Waals surface area contributed by atoms with E-state index in [4.69, 9.17) is 4.84 Å². The zero-order chi connectivity index (χ0) is 17.6. The first-order valence-electron chi connectivity index (χ1n) is 8.11. The molecule has 24 heavy (non-hydrogen) atoms. The second-order valence-corrected chi connectivity index (χ2v) is 8.41. The first-order valence-corrected chi connectivity index (χ1v) is 9.82. The largest absolute Gasteiger partial charge is 0.360 e. The molecule has 1 aromatic carbocycles. The molecule has 130 valence electrons. The number of hydrogen-bond donors (Lipinski definition) is 0. The van der Waals surface area contributed by atoms with Crippen LogP contribution in [0.3, 0.4) is 0 Å². The molecule has 0 bridgehead atoms. The van der Waals surface area contributed by atoms with Crippen LogP contribution in [0.1, 0.15) is 44.6 Å². The third kappa shape index (κ3) is 5.03. The van der Waals surface area contributed by atoms with Gasteiger partial charge in [-0.25, -0.2) is 13.2 Å². The van der Waals surface area contributed by atoms with Gasteiger partial charge in [-0.2, -0.15) is 0 Å². The van der Waals surface area contributed by atoms with Crippen LogP contribution < -0.4 is 0 Å². The van der Waals surface area contributed by atoms with Gasteiger partial charge in [-0.1, -0.05) is 61.3 Å². The molecule has 0 spiro atoms. The van der Waals surface area contributed by atoms with Crippen molar-refractivity contribution in [3.05, 3.63) is 48.0 Å². The summed E-state index contributed by atoms with van der Waals surface area (Å²) in [6.45, 7) is 5.00.